The van der Waals surface area contributed by atoms with E-state index in [0.717, 1.165) is 0 Å². The van der Waals surface area contributed by atoms with Gasteiger partial charge in [-0.25, -0.2) is 0 Å². The van der Waals surface area contributed by atoms with Gasteiger partial charge in [-0.15, -0.1) is 0 Å². The highest BCUT2D eigenvalue weighted by Crippen LogP contribution is 2.41. The van der Waals surface area contributed by atoms with Crippen molar-refractivity contribution in [2.24, 2.45) is 0 Å². The Bertz CT molecular complexity index is 2170. The van der Waals surface area contributed by atoms with Crippen LogP contribution in [0.1, 0.15) is 0 Å². The van der Waals surface area contributed by atoms with Crippen molar-refractivity contribution in [2.75, 3.05) is 0 Å². The van der Waals surface area contributed by atoms with Crippen molar-refractivity contribution < 1.29 is 54.9 Å². The maximum Gasteiger partial charge on any atom is 0.653 e. The Labute approximate surface area is 338 Å². The summed E-state index contributed by atoms with van der Waals surface area (Å²) in [6.07, 6.45) is 0. The molecule has 0 saturated carbocycles. The average Bonchev–Trinajstić information content (AvgIpc) is 3.23. The van der Waals surface area contributed by atoms with E-state index in [-0.39, 0.29) is 0 Å². The van der Waals surface area contributed by atoms with Crippen molar-refractivity contribution in [3.05, 3.63) is 182 Å². The Morgan fingerprint density at radius 3 is 0.842 bits per heavy atom. The molecule has 286 valence electrons. The molecule has 0 aliphatic carbocycles. The lowest BCUT2D eigenvalue weighted by molar-refractivity contribution is -0.00959. The molecule has 2 radical (unpaired) electrons. The molecule has 6 aromatic carbocycles. The minimum atomic E-state index is -5.17. The minimum absolute atomic E-state index is 0.396. The van der Waals surface area contributed by atoms with Crippen LogP contribution in [0.4, 0.5) is 0 Å². The maximum absolute atomic E-state index is 13.2. The lowest BCUT2D eigenvalue weighted by Gasteiger charge is -2.55. The lowest BCUT2D eigenvalue weighted by atomic mass is 10.4. The number of fused-ring (bicyclic) bond motifs is 4. The predicted octanol–water partition coefficient (Wildman–Crippen LogP) is 0.254. The van der Waals surface area contributed by atoms with Crippen LogP contribution in [0.3, 0.4) is 0 Å². The molecule has 10 rings (SSSR count). The Hall–Kier alpha value is -3.46. The highest BCUT2D eigenvalue weighted by atomic mass is 28.6. The topological polar surface area (TPSA) is 142 Å². The van der Waals surface area contributed by atoms with Crippen LogP contribution < -0.4 is 31.1 Å². The molecule has 57 heavy (non-hydrogen) atoms. The third-order valence-corrected chi connectivity index (χ3v) is 37.1. The summed E-state index contributed by atoms with van der Waals surface area (Å²) < 4.78 is 78.4. The van der Waals surface area contributed by atoms with Crippen LogP contribution in [0, 0.1) is 0 Å². The standard InChI is InChI=1S/C36H32O13Si8/c37-56-41-50(31-19-7-1-8-20-31)39-52(33-23-11-3-12-24-33)43-54(48-56,35-27-15-5-16-28-35)45-55(36-29-17-6-18-30-36)44-53(47-56,34-25-13-4-14-26-34)40-51(32-21-9-2-10-22-32)42-57(38,46-52)49-55/h1-30,37-38H/t52?,53?,54-,55?,56+,57?/m0/s1. The molecule has 0 aromatic heterocycles. The van der Waals surface area contributed by atoms with Crippen LogP contribution in [-0.2, 0) is 45.3 Å². The van der Waals surface area contributed by atoms with Crippen molar-refractivity contribution in [1.29, 1.82) is 0 Å². The first kappa shape index (κ1) is 37.8. The fourth-order valence-corrected chi connectivity index (χ4v) is 42.0. The van der Waals surface area contributed by atoms with Crippen molar-refractivity contribution in [3.8, 4) is 0 Å². The quantitative estimate of drug-likeness (QED) is 0.221. The first-order chi connectivity index (χ1) is 27.7. The molecule has 4 aliphatic heterocycles. The van der Waals surface area contributed by atoms with Gasteiger partial charge in [0.15, 0.2) is 0 Å². The zero-order chi connectivity index (χ0) is 38.6. The summed E-state index contributed by atoms with van der Waals surface area (Å²) in [5, 5.41) is 2.75. The van der Waals surface area contributed by atoms with E-state index in [2.05, 4.69) is 0 Å². The van der Waals surface area contributed by atoms with Crippen LogP contribution in [-0.4, -0.2) is 81.5 Å². The van der Waals surface area contributed by atoms with Crippen LogP contribution in [0.25, 0.3) is 0 Å². The van der Waals surface area contributed by atoms with E-state index in [0.29, 0.717) is 31.1 Å². The molecule has 13 nitrogen and oxygen atoms in total. The summed E-state index contributed by atoms with van der Waals surface area (Å²) in [7, 11) is -35.0. The van der Waals surface area contributed by atoms with Gasteiger partial charge in [0.25, 0.3) is 0 Å². The summed E-state index contributed by atoms with van der Waals surface area (Å²) in [4.78, 5) is 26.5. The Balaban J connectivity index is 1.32. The van der Waals surface area contributed by atoms with Crippen molar-refractivity contribution in [3.63, 3.8) is 0 Å². The van der Waals surface area contributed by atoms with E-state index < -0.39 is 71.9 Å². The van der Waals surface area contributed by atoms with Crippen LogP contribution in [0.2, 0.25) is 0 Å². The zero-order valence-electron chi connectivity index (χ0n) is 29.7. The fraction of sp³-hybridized carbons (Fsp3) is 0. The predicted molar refractivity (Wildman–Crippen MR) is 219 cm³/mol. The molecular formula is C36H32O13Si8. The van der Waals surface area contributed by atoms with Gasteiger partial charge in [0.05, 0.1) is 0 Å². The van der Waals surface area contributed by atoms with E-state index >= 15 is 0 Å². The van der Waals surface area contributed by atoms with Gasteiger partial charge in [0, 0.05) is 20.7 Å². The van der Waals surface area contributed by atoms with Crippen molar-refractivity contribution in [2.45, 2.75) is 0 Å². The highest BCUT2D eigenvalue weighted by molar-refractivity contribution is 7.07. The third kappa shape index (κ3) is 6.99. The van der Waals surface area contributed by atoms with E-state index in [1.165, 1.54) is 0 Å². The summed E-state index contributed by atoms with van der Waals surface area (Å²) in [6.45, 7) is 0. The average molecular weight is 897 g/mol. The van der Waals surface area contributed by atoms with Gasteiger partial charge < -0.3 is 54.9 Å². The second-order valence-electron chi connectivity index (χ2n) is 13.2. The molecule has 6 atom stereocenters. The Morgan fingerprint density at radius 1 is 0.281 bits per heavy atom. The van der Waals surface area contributed by atoms with E-state index in [1.807, 2.05) is 60.7 Å². The van der Waals surface area contributed by atoms with E-state index in [4.69, 9.17) is 45.3 Å². The highest BCUT2D eigenvalue weighted by Gasteiger charge is 2.80. The molecule has 6 bridgehead atoms. The zero-order valence-corrected chi connectivity index (χ0v) is 37.7. The molecule has 4 unspecified atom stereocenters. The molecule has 0 amide bonds. The van der Waals surface area contributed by atoms with Crippen molar-refractivity contribution in [1.82, 2.24) is 0 Å². The summed E-state index contributed by atoms with van der Waals surface area (Å²) in [5.41, 5.74) is 0. The SMILES string of the molecule is O[Si]12O[Si](c3ccccc3)O[Si]3(c4ccccc4)O[Si](c4ccccc4)(O1)O[Si@]1(c4ccccc4)O[Si](c4ccccc4)(O[Si](c4ccccc4)O[Si@](O)(O3)O1)O2. The molecular weight excluding hydrogens is 865 g/mol. The van der Waals surface area contributed by atoms with Gasteiger partial charge >= 0.3 is 71.9 Å². The smallest absolute Gasteiger partial charge is 0.386 e. The summed E-state index contributed by atoms with van der Waals surface area (Å²) in [5.74, 6) is 0. The largest absolute Gasteiger partial charge is 0.653 e. The normalized spacial score (nSPS) is 32.9. The van der Waals surface area contributed by atoms with E-state index in [1.54, 1.807) is 121 Å². The third-order valence-electron chi connectivity index (χ3n) is 9.29. The lowest BCUT2D eigenvalue weighted by Crippen LogP contribution is -2.89. The van der Waals surface area contributed by atoms with Crippen molar-refractivity contribution >= 4 is 103 Å². The van der Waals surface area contributed by atoms with Gasteiger partial charge in [-0.1, -0.05) is 182 Å². The molecule has 0 spiro atoms. The number of hydrogen-bond acceptors (Lipinski definition) is 13. The molecule has 21 heteroatoms. The Kier molecular flexibility index (Phi) is 9.72. The first-order valence-electron chi connectivity index (χ1n) is 17.9. The van der Waals surface area contributed by atoms with Gasteiger partial charge in [0.1, 0.15) is 0 Å². The van der Waals surface area contributed by atoms with Gasteiger partial charge in [-0.2, -0.15) is 0 Å². The van der Waals surface area contributed by atoms with Crippen LogP contribution in [0.15, 0.2) is 182 Å². The maximum atomic E-state index is 13.2. The molecule has 4 heterocycles. The summed E-state index contributed by atoms with van der Waals surface area (Å²) >= 11 is 0. The van der Waals surface area contributed by atoms with Gasteiger partial charge in [-0.05, 0) is 10.4 Å². The van der Waals surface area contributed by atoms with Gasteiger partial charge in [-0.3, -0.25) is 0 Å². The number of benzene rings is 6. The fourth-order valence-electron chi connectivity index (χ4n) is 6.77. The molecule has 6 aromatic rings. The monoisotopic (exact) mass is 896 g/mol. The summed E-state index contributed by atoms with van der Waals surface area (Å²) in [6, 6.07) is 53.9. The van der Waals surface area contributed by atoms with E-state index in [9.17, 15) is 9.59 Å². The second-order valence-corrected chi connectivity index (χ2v) is 33.3. The minimum Gasteiger partial charge on any atom is -0.386 e. The second kappa shape index (κ2) is 14.7. The van der Waals surface area contributed by atoms with Crippen LogP contribution >= 0.6 is 0 Å². The number of hydrogen-bond donors (Lipinski definition) is 2. The molecule has 4 saturated heterocycles. The van der Waals surface area contributed by atoms with Crippen LogP contribution in [0.5, 0.6) is 0 Å². The van der Waals surface area contributed by atoms with Gasteiger partial charge in [0.2, 0.25) is 0 Å². The molecule has 2 N–H and O–H groups in total. The number of rotatable bonds is 6. The Morgan fingerprint density at radius 2 is 0.526 bits per heavy atom. The first-order valence-corrected chi connectivity index (χ1v) is 30.8. The molecule has 4 aliphatic rings. The molecule has 4 fully saturated rings.